The summed E-state index contributed by atoms with van der Waals surface area (Å²) in [6, 6.07) is 4.07. The number of anilines is 1. The summed E-state index contributed by atoms with van der Waals surface area (Å²) >= 11 is 0. The molecular weight excluding hydrogens is 407 g/mol. The van der Waals surface area contributed by atoms with E-state index in [2.05, 4.69) is 32.1 Å². The number of likely N-dealkylation sites (tertiary alicyclic amines) is 1. The van der Waals surface area contributed by atoms with Crippen molar-refractivity contribution in [3.8, 4) is 0 Å². The predicted molar refractivity (Wildman–Crippen MR) is 118 cm³/mol. The molecule has 0 amide bonds. The molecular formula is C22H34F3N5O. The molecule has 0 saturated carbocycles. The average molecular weight is 442 g/mol. The Bertz CT molecular complexity index is 747. The number of nitrogens with zero attached hydrogens (tertiary/aromatic N) is 4. The van der Waals surface area contributed by atoms with Crippen molar-refractivity contribution in [2.75, 3.05) is 71.5 Å². The quantitative estimate of drug-likeness (QED) is 0.543. The average Bonchev–Trinajstić information content (AvgIpc) is 3.21. The van der Waals surface area contributed by atoms with Crippen LogP contribution in [0.4, 0.5) is 18.9 Å². The summed E-state index contributed by atoms with van der Waals surface area (Å²) in [5, 5.41) is 3.30. The summed E-state index contributed by atoms with van der Waals surface area (Å²) in [6.45, 7) is 8.81. The molecule has 2 heterocycles. The Morgan fingerprint density at radius 1 is 1.19 bits per heavy atom. The van der Waals surface area contributed by atoms with Crippen molar-refractivity contribution < 1.29 is 17.9 Å². The lowest BCUT2D eigenvalue weighted by atomic mass is 10.1. The normalized spacial score (nSPS) is 21.1. The number of aliphatic imine (C=N–C) groups is 1. The fourth-order valence-electron chi connectivity index (χ4n) is 4.21. The Labute approximate surface area is 183 Å². The summed E-state index contributed by atoms with van der Waals surface area (Å²) in [5.74, 6) is 1.17. The molecule has 6 nitrogen and oxygen atoms in total. The van der Waals surface area contributed by atoms with Crippen LogP contribution < -0.4 is 10.2 Å². The van der Waals surface area contributed by atoms with E-state index in [0.717, 1.165) is 63.9 Å². The molecule has 31 heavy (non-hydrogen) atoms. The van der Waals surface area contributed by atoms with Gasteiger partial charge in [0.2, 0.25) is 0 Å². The van der Waals surface area contributed by atoms with Gasteiger partial charge in [-0.2, -0.15) is 13.2 Å². The maximum atomic E-state index is 13.4. The lowest BCUT2D eigenvalue weighted by Crippen LogP contribution is -2.45. The highest BCUT2D eigenvalue weighted by Crippen LogP contribution is 2.33. The van der Waals surface area contributed by atoms with E-state index >= 15 is 0 Å². The van der Waals surface area contributed by atoms with Gasteiger partial charge in [0.05, 0.1) is 12.2 Å². The number of nitrogens with one attached hydrogen (secondary N) is 1. The van der Waals surface area contributed by atoms with Gasteiger partial charge in [-0.3, -0.25) is 4.99 Å². The van der Waals surface area contributed by atoms with E-state index < -0.39 is 11.7 Å². The van der Waals surface area contributed by atoms with Crippen molar-refractivity contribution in [1.29, 1.82) is 0 Å². The van der Waals surface area contributed by atoms with Gasteiger partial charge < -0.3 is 24.8 Å². The molecule has 0 aromatic heterocycles. The van der Waals surface area contributed by atoms with E-state index in [1.807, 2.05) is 6.92 Å². The second-order valence-corrected chi connectivity index (χ2v) is 8.29. The molecule has 9 heteroatoms. The van der Waals surface area contributed by atoms with Gasteiger partial charge in [-0.05, 0) is 44.2 Å². The highest BCUT2D eigenvalue weighted by Gasteiger charge is 2.32. The first-order chi connectivity index (χ1) is 14.8. The minimum atomic E-state index is -4.36. The Morgan fingerprint density at radius 2 is 1.94 bits per heavy atom. The van der Waals surface area contributed by atoms with Crippen LogP contribution in [0.1, 0.15) is 24.5 Å². The minimum Gasteiger partial charge on any atom is -0.381 e. The first kappa shape index (κ1) is 23.7. The highest BCUT2D eigenvalue weighted by molar-refractivity contribution is 5.80. The van der Waals surface area contributed by atoms with Crippen LogP contribution in [0.2, 0.25) is 0 Å². The van der Waals surface area contributed by atoms with Crippen LogP contribution in [0.3, 0.4) is 0 Å². The maximum Gasteiger partial charge on any atom is 0.416 e. The van der Waals surface area contributed by atoms with Crippen molar-refractivity contribution in [1.82, 2.24) is 15.1 Å². The van der Waals surface area contributed by atoms with Gasteiger partial charge in [0, 0.05) is 71.1 Å². The molecule has 3 rings (SSSR count). The van der Waals surface area contributed by atoms with Crippen molar-refractivity contribution in [3.05, 3.63) is 29.3 Å². The molecule has 1 N–H and O–H groups in total. The van der Waals surface area contributed by atoms with E-state index in [1.165, 1.54) is 12.1 Å². The predicted octanol–water partition coefficient (Wildman–Crippen LogP) is 2.89. The number of rotatable bonds is 6. The van der Waals surface area contributed by atoms with Crippen LogP contribution >= 0.6 is 0 Å². The van der Waals surface area contributed by atoms with Crippen LogP contribution in [0.25, 0.3) is 0 Å². The van der Waals surface area contributed by atoms with E-state index in [0.29, 0.717) is 24.6 Å². The Kier molecular flexibility index (Phi) is 8.05. The van der Waals surface area contributed by atoms with Crippen molar-refractivity contribution >= 4 is 11.6 Å². The molecule has 1 aromatic carbocycles. The third kappa shape index (κ3) is 6.26. The summed E-state index contributed by atoms with van der Waals surface area (Å²) in [7, 11) is 3.77. The number of hydrogen-bond donors (Lipinski definition) is 1. The van der Waals surface area contributed by atoms with Crippen LogP contribution in [-0.2, 0) is 17.5 Å². The standard InChI is InChI=1S/C22H34F3N5O/c1-4-31-16-17-7-8-30(15-17)21(26-2)27-14-18-13-19(22(23,24)25)5-6-20(18)29-11-9-28(3)10-12-29/h5-6,13,17H,4,7-12,14-16H2,1-3H3,(H,26,27). The third-order valence-corrected chi connectivity index (χ3v) is 6.04. The zero-order chi connectivity index (χ0) is 22.4. The lowest BCUT2D eigenvalue weighted by molar-refractivity contribution is -0.137. The van der Waals surface area contributed by atoms with Gasteiger partial charge in [-0.15, -0.1) is 0 Å². The summed E-state index contributed by atoms with van der Waals surface area (Å²) in [5.41, 5.74) is 0.889. The van der Waals surface area contributed by atoms with E-state index in [-0.39, 0.29) is 0 Å². The highest BCUT2D eigenvalue weighted by atomic mass is 19.4. The van der Waals surface area contributed by atoms with Crippen LogP contribution in [0, 0.1) is 5.92 Å². The molecule has 0 aliphatic carbocycles. The Hall–Kier alpha value is -2.00. The van der Waals surface area contributed by atoms with Crippen molar-refractivity contribution in [2.45, 2.75) is 26.1 Å². The van der Waals surface area contributed by atoms with Gasteiger partial charge in [0.25, 0.3) is 0 Å². The summed E-state index contributed by atoms with van der Waals surface area (Å²) in [6.07, 6.45) is -3.34. The topological polar surface area (TPSA) is 43.3 Å². The molecule has 0 bridgehead atoms. The first-order valence-corrected chi connectivity index (χ1v) is 11.0. The molecule has 1 unspecified atom stereocenters. The Morgan fingerprint density at radius 3 is 2.58 bits per heavy atom. The van der Waals surface area contributed by atoms with Crippen LogP contribution in [0.15, 0.2) is 23.2 Å². The fourth-order valence-corrected chi connectivity index (χ4v) is 4.21. The maximum absolute atomic E-state index is 13.4. The number of guanidine groups is 1. The van der Waals surface area contributed by atoms with Crippen molar-refractivity contribution in [3.63, 3.8) is 0 Å². The van der Waals surface area contributed by atoms with Gasteiger partial charge in [-0.25, -0.2) is 0 Å². The summed E-state index contributed by atoms with van der Waals surface area (Å²) < 4.78 is 45.6. The molecule has 1 aromatic rings. The number of likely N-dealkylation sites (N-methyl/N-ethyl adjacent to an activating group) is 1. The van der Waals surface area contributed by atoms with E-state index in [4.69, 9.17) is 4.74 Å². The van der Waals surface area contributed by atoms with Gasteiger partial charge in [0.15, 0.2) is 5.96 Å². The zero-order valence-electron chi connectivity index (χ0n) is 18.7. The number of alkyl halides is 3. The smallest absolute Gasteiger partial charge is 0.381 e. The Balaban J connectivity index is 1.72. The van der Waals surface area contributed by atoms with E-state index in [9.17, 15) is 13.2 Å². The number of benzene rings is 1. The minimum absolute atomic E-state index is 0.297. The third-order valence-electron chi connectivity index (χ3n) is 6.04. The number of piperazine rings is 1. The molecule has 0 spiro atoms. The van der Waals surface area contributed by atoms with Crippen LogP contribution in [0.5, 0.6) is 0 Å². The van der Waals surface area contributed by atoms with E-state index in [1.54, 1.807) is 13.1 Å². The zero-order valence-corrected chi connectivity index (χ0v) is 18.7. The molecule has 174 valence electrons. The molecule has 2 saturated heterocycles. The lowest BCUT2D eigenvalue weighted by Gasteiger charge is -2.35. The largest absolute Gasteiger partial charge is 0.416 e. The molecule has 2 aliphatic heterocycles. The molecule has 1 atom stereocenters. The molecule has 2 fully saturated rings. The molecule has 0 radical (unpaired) electrons. The summed E-state index contributed by atoms with van der Waals surface area (Å²) in [4.78, 5) is 10.9. The molecule has 2 aliphatic rings. The monoisotopic (exact) mass is 441 g/mol. The van der Waals surface area contributed by atoms with Crippen molar-refractivity contribution in [2.24, 2.45) is 10.9 Å². The number of halogens is 3. The number of hydrogen-bond acceptors (Lipinski definition) is 4. The second-order valence-electron chi connectivity index (χ2n) is 8.29. The SMILES string of the molecule is CCOCC1CCN(C(=NC)NCc2cc(C(F)(F)F)ccc2N2CCN(C)CC2)C1. The van der Waals surface area contributed by atoms with Gasteiger partial charge in [0.1, 0.15) is 0 Å². The van der Waals surface area contributed by atoms with Crippen LogP contribution in [-0.4, -0.2) is 82.3 Å². The first-order valence-electron chi connectivity index (χ1n) is 11.0. The number of ether oxygens (including phenoxy) is 1. The van der Waals surface area contributed by atoms with Gasteiger partial charge in [-0.1, -0.05) is 0 Å². The second kappa shape index (κ2) is 10.5. The van der Waals surface area contributed by atoms with Gasteiger partial charge >= 0.3 is 6.18 Å². The fraction of sp³-hybridized carbons (Fsp3) is 0.682.